The number of nitrogens with zero attached hydrogens (tertiary/aromatic N) is 3. The summed E-state index contributed by atoms with van der Waals surface area (Å²) in [6, 6.07) is 9.35. The zero-order valence-electron chi connectivity index (χ0n) is 18.7. The minimum Gasteiger partial charge on any atom is -0.365 e. The van der Waals surface area contributed by atoms with Crippen LogP contribution >= 0.6 is 0 Å². The van der Waals surface area contributed by atoms with E-state index in [-0.39, 0.29) is 41.9 Å². The highest BCUT2D eigenvalue weighted by Gasteiger charge is 2.32. The molecule has 182 valence electrons. The van der Waals surface area contributed by atoms with Crippen LogP contribution in [-0.4, -0.2) is 39.4 Å². The smallest absolute Gasteiger partial charge is 0.274 e. The fraction of sp³-hybridized carbons (Fsp3) is 0.320. The Labute approximate surface area is 199 Å². The number of hydrogen-bond acceptors (Lipinski definition) is 4. The lowest BCUT2D eigenvalue weighted by molar-refractivity contribution is -0.121. The van der Waals surface area contributed by atoms with E-state index in [1.54, 1.807) is 23.4 Å². The third-order valence-corrected chi connectivity index (χ3v) is 6.51. The quantitative estimate of drug-likeness (QED) is 0.606. The van der Waals surface area contributed by atoms with Crippen LogP contribution in [0.2, 0.25) is 0 Å². The lowest BCUT2D eigenvalue weighted by Crippen LogP contribution is -2.42. The number of nitrogens with one attached hydrogen (secondary N) is 1. The minimum atomic E-state index is -1.03. The van der Waals surface area contributed by atoms with E-state index in [4.69, 9.17) is 4.74 Å². The van der Waals surface area contributed by atoms with Crippen LogP contribution in [0.15, 0.2) is 48.8 Å². The van der Waals surface area contributed by atoms with E-state index in [9.17, 15) is 22.8 Å². The van der Waals surface area contributed by atoms with Gasteiger partial charge in [0.1, 0.15) is 11.9 Å². The van der Waals surface area contributed by atoms with Crippen LogP contribution in [0.5, 0.6) is 0 Å². The number of aromatic nitrogens is 2. The number of rotatable bonds is 4. The fourth-order valence-electron chi connectivity index (χ4n) is 4.50. The third-order valence-electron chi connectivity index (χ3n) is 6.51. The van der Waals surface area contributed by atoms with Gasteiger partial charge in [-0.15, -0.1) is 0 Å². The van der Waals surface area contributed by atoms with Crippen LogP contribution in [-0.2, 0) is 22.7 Å². The number of ether oxygens (including phenoxy) is 1. The maximum absolute atomic E-state index is 13.4. The summed E-state index contributed by atoms with van der Waals surface area (Å²) >= 11 is 0. The topological polar surface area (TPSA) is 76.5 Å². The van der Waals surface area contributed by atoms with Crippen LogP contribution in [0.4, 0.5) is 18.9 Å². The molecule has 0 radical (unpaired) electrons. The van der Waals surface area contributed by atoms with Gasteiger partial charge in [-0.2, -0.15) is 0 Å². The van der Waals surface area contributed by atoms with Gasteiger partial charge in [-0.25, -0.2) is 18.2 Å². The molecule has 1 unspecified atom stereocenters. The number of anilines is 1. The monoisotopic (exact) mass is 484 g/mol. The van der Waals surface area contributed by atoms with Gasteiger partial charge < -0.3 is 19.5 Å². The summed E-state index contributed by atoms with van der Waals surface area (Å²) < 4.78 is 47.5. The van der Waals surface area contributed by atoms with E-state index in [0.717, 1.165) is 17.7 Å². The van der Waals surface area contributed by atoms with Crippen LogP contribution in [0.25, 0.3) is 0 Å². The molecule has 1 N–H and O–H groups in total. The second-order valence-corrected chi connectivity index (χ2v) is 8.73. The van der Waals surface area contributed by atoms with Crippen molar-refractivity contribution in [1.82, 2.24) is 14.5 Å². The summed E-state index contributed by atoms with van der Waals surface area (Å²) in [4.78, 5) is 31.7. The van der Waals surface area contributed by atoms with Crippen LogP contribution in [0.3, 0.4) is 0 Å². The molecule has 3 aromatic rings. The zero-order valence-corrected chi connectivity index (χ0v) is 18.7. The summed E-state index contributed by atoms with van der Waals surface area (Å²) in [5, 5.41) is 2.61. The van der Waals surface area contributed by atoms with Crippen molar-refractivity contribution in [1.29, 1.82) is 0 Å². The van der Waals surface area contributed by atoms with Crippen molar-refractivity contribution in [3.8, 4) is 0 Å². The molecule has 1 fully saturated rings. The molecule has 2 amide bonds. The number of imidazole rings is 1. The first-order valence-electron chi connectivity index (χ1n) is 11.4. The number of hydrogen-bond donors (Lipinski definition) is 1. The van der Waals surface area contributed by atoms with Gasteiger partial charge in [0.2, 0.25) is 5.91 Å². The number of carbonyl (C=O) groups excluding carboxylic acids is 2. The second kappa shape index (κ2) is 9.53. The van der Waals surface area contributed by atoms with Gasteiger partial charge in [-0.1, -0.05) is 12.1 Å². The molecule has 1 atom stereocenters. The van der Waals surface area contributed by atoms with Gasteiger partial charge in [0.25, 0.3) is 5.91 Å². The van der Waals surface area contributed by atoms with Crippen molar-refractivity contribution >= 4 is 17.5 Å². The zero-order chi connectivity index (χ0) is 24.5. The van der Waals surface area contributed by atoms with Gasteiger partial charge in [0.05, 0.1) is 25.2 Å². The summed E-state index contributed by atoms with van der Waals surface area (Å²) in [6.45, 7) is 1.42. The maximum Gasteiger partial charge on any atom is 0.274 e. The van der Waals surface area contributed by atoms with Crippen LogP contribution in [0.1, 0.15) is 40.7 Å². The molecule has 0 aliphatic carbocycles. The Bertz CT molecular complexity index is 1250. The first kappa shape index (κ1) is 23.1. The van der Waals surface area contributed by atoms with Crippen LogP contribution < -0.4 is 5.32 Å². The number of fused-ring (bicyclic) bond motifs is 1. The first-order valence-corrected chi connectivity index (χ1v) is 11.4. The molecule has 0 bridgehead atoms. The minimum absolute atomic E-state index is 0.191. The van der Waals surface area contributed by atoms with Crippen molar-refractivity contribution < 1.29 is 27.5 Å². The normalized spacial score (nSPS) is 18.3. The van der Waals surface area contributed by atoms with E-state index < -0.39 is 11.6 Å². The van der Waals surface area contributed by atoms with Gasteiger partial charge >= 0.3 is 0 Å². The lowest BCUT2D eigenvalue weighted by Gasteiger charge is -2.31. The molecule has 35 heavy (non-hydrogen) atoms. The Morgan fingerprint density at radius 2 is 1.74 bits per heavy atom. The second-order valence-electron chi connectivity index (χ2n) is 8.73. The predicted molar refractivity (Wildman–Crippen MR) is 120 cm³/mol. The molecule has 7 nitrogen and oxygen atoms in total. The molecule has 1 saturated heterocycles. The molecule has 2 aliphatic heterocycles. The number of amides is 2. The van der Waals surface area contributed by atoms with Crippen molar-refractivity contribution in [2.45, 2.75) is 32.1 Å². The molecule has 0 saturated carbocycles. The van der Waals surface area contributed by atoms with E-state index >= 15 is 0 Å². The maximum atomic E-state index is 13.4. The SMILES string of the molecule is O=C(Nc1ccc(F)c(F)c1)C1CCN(C(=O)c2ncn3c2COC(c2ccc(F)cc2)C3)CC1. The Hall–Kier alpha value is -3.66. The highest BCUT2D eigenvalue weighted by molar-refractivity contribution is 5.95. The molecule has 1 aromatic heterocycles. The van der Waals surface area contributed by atoms with Gasteiger partial charge in [0, 0.05) is 30.8 Å². The molecule has 3 heterocycles. The van der Waals surface area contributed by atoms with Crippen molar-refractivity contribution in [3.63, 3.8) is 0 Å². The fourth-order valence-corrected chi connectivity index (χ4v) is 4.50. The molecule has 5 rings (SSSR count). The molecule has 2 aliphatic rings. The van der Waals surface area contributed by atoms with Crippen molar-refractivity contribution in [2.24, 2.45) is 5.92 Å². The van der Waals surface area contributed by atoms with Crippen molar-refractivity contribution in [2.75, 3.05) is 18.4 Å². The number of likely N-dealkylation sites (tertiary alicyclic amines) is 1. The molecule has 10 heteroatoms. The van der Waals surface area contributed by atoms with Gasteiger partial charge in [-0.05, 0) is 42.7 Å². The summed E-state index contributed by atoms with van der Waals surface area (Å²) in [6.07, 6.45) is 2.24. The van der Waals surface area contributed by atoms with E-state index in [0.29, 0.717) is 43.9 Å². The largest absolute Gasteiger partial charge is 0.365 e. The Balaban J connectivity index is 1.18. The summed E-state index contributed by atoms with van der Waals surface area (Å²) in [5.41, 5.74) is 2.05. The number of piperidine rings is 1. The predicted octanol–water partition coefficient (Wildman–Crippen LogP) is 4.06. The molecule has 0 spiro atoms. The van der Waals surface area contributed by atoms with Crippen LogP contribution in [0, 0.1) is 23.4 Å². The van der Waals surface area contributed by atoms with E-state index in [1.165, 1.54) is 18.2 Å². The number of carbonyl (C=O) groups is 2. The molecular formula is C25H23F3N4O3. The number of halogens is 3. The highest BCUT2D eigenvalue weighted by Crippen LogP contribution is 2.29. The van der Waals surface area contributed by atoms with E-state index in [2.05, 4.69) is 10.3 Å². The first-order chi connectivity index (χ1) is 16.9. The average Bonchev–Trinajstić information content (AvgIpc) is 3.29. The lowest BCUT2D eigenvalue weighted by atomic mass is 9.95. The standard InChI is InChI=1S/C25H23F3N4O3/c26-17-3-1-15(2-4-17)22-12-32-14-29-23(21(32)13-35-22)25(34)31-9-7-16(8-10-31)24(33)30-18-5-6-19(27)20(28)11-18/h1-6,11,14,16,22H,7-10,12-13H2,(H,30,33). The van der Waals surface area contributed by atoms with Crippen molar-refractivity contribution in [3.05, 3.63) is 83.2 Å². The Morgan fingerprint density at radius 1 is 1.00 bits per heavy atom. The summed E-state index contributed by atoms with van der Waals surface area (Å²) in [7, 11) is 0. The molecule has 2 aromatic carbocycles. The molecular weight excluding hydrogens is 461 g/mol. The third kappa shape index (κ3) is 4.79. The Kier molecular flexibility index (Phi) is 6.29. The Morgan fingerprint density at radius 3 is 2.46 bits per heavy atom. The van der Waals surface area contributed by atoms with Gasteiger partial charge in [-0.3, -0.25) is 9.59 Å². The summed E-state index contributed by atoms with van der Waals surface area (Å²) in [5.74, 6) is -3.17. The highest BCUT2D eigenvalue weighted by atomic mass is 19.2. The van der Waals surface area contributed by atoms with Gasteiger partial charge in [0.15, 0.2) is 17.3 Å². The van der Waals surface area contributed by atoms with E-state index in [1.807, 2.05) is 4.57 Å². The average molecular weight is 484 g/mol. The number of benzene rings is 2.